The van der Waals surface area contributed by atoms with Gasteiger partial charge in [0, 0.05) is 34.3 Å². The molecule has 4 heterocycles. The van der Waals surface area contributed by atoms with Gasteiger partial charge in [0.2, 0.25) is 0 Å². The van der Waals surface area contributed by atoms with Crippen molar-refractivity contribution >= 4 is 28.0 Å². The first-order valence-electron chi connectivity index (χ1n) is 11.0. The second-order valence-electron chi connectivity index (χ2n) is 8.71. The number of pyridine rings is 1. The maximum Gasteiger partial charge on any atom is 0.332 e. The van der Waals surface area contributed by atoms with Crippen LogP contribution in [0.25, 0.3) is 27.8 Å². The van der Waals surface area contributed by atoms with Gasteiger partial charge in [-0.1, -0.05) is 13.8 Å². The minimum atomic E-state index is -0.935. The van der Waals surface area contributed by atoms with Crippen LogP contribution in [-0.4, -0.2) is 50.6 Å². The van der Waals surface area contributed by atoms with Crippen LogP contribution in [0.5, 0.6) is 5.75 Å². The monoisotopic (exact) mass is 452 g/mol. The lowest BCUT2D eigenvalue weighted by atomic mass is 9.88. The Morgan fingerprint density at radius 2 is 2.15 bits per heavy atom. The van der Waals surface area contributed by atoms with E-state index >= 15 is 0 Å². The van der Waals surface area contributed by atoms with Crippen LogP contribution in [0, 0.1) is 5.82 Å². The molecule has 172 valence electrons. The number of aliphatic carboxylic acids is 1. The molecule has 3 aromatic heterocycles. The predicted octanol–water partition coefficient (Wildman–Crippen LogP) is 4.52. The van der Waals surface area contributed by atoms with Gasteiger partial charge in [0.05, 0.1) is 30.9 Å². The number of rotatable bonds is 5. The summed E-state index contributed by atoms with van der Waals surface area (Å²) in [4.78, 5) is 16.3. The summed E-state index contributed by atoms with van der Waals surface area (Å²) in [5.41, 5.74) is 5.18. The maximum atomic E-state index is 14.2. The Morgan fingerprint density at radius 3 is 2.82 bits per heavy atom. The number of aromatic nitrogens is 4. The molecule has 0 aliphatic carbocycles. The third-order valence-corrected chi connectivity index (χ3v) is 6.32. The minimum Gasteiger partial charge on any atom is -0.494 e. The van der Waals surface area contributed by atoms with Gasteiger partial charge in [-0.05, 0) is 37.0 Å². The summed E-state index contributed by atoms with van der Waals surface area (Å²) in [5.74, 6) is -1.11. The summed E-state index contributed by atoms with van der Waals surface area (Å²) < 4.78 is 27.2. The van der Waals surface area contributed by atoms with Crippen LogP contribution in [0.3, 0.4) is 0 Å². The average molecular weight is 452 g/mol. The molecule has 0 bridgehead atoms. The van der Waals surface area contributed by atoms with Crippen LogP contribution in [0.2, 0.25) is 0 Å². The molecule has 2 N–H and O–H groups in total. The molecule has 1 fully saturated rings. The number of halogens is 1. The second-order valence-corrected chi connectivity index (χ2v) is 8.71. The van der Waals surface area contributed by atoms with Gasteiger partial charge in [-0.15, -0.1) is 0 Å². The van der Waals surface area contributed by atoms with E-state index < -0.39 is 17.9 Å². The van der Waals surface area contributed by atoms with Gasteiger partial charge >= 0.3 is 5.97 Å². The first kappa shape index (κ1) is 21.4. The number of carboxylic acids is 1. The summed E-state index contributed by atoms with van der Waals surface area (Å²) in [6.07, 6.45) is 2.04. The summed E-state index contributed by atoms with van der Waals surface area (Å²) >= 11 is 0. The fourth-order valence-corrected chi connectivity index (χ4v) is 4.82. The van der Waals surface area contributed by atoms with Gasteiger partial charge in [0.1, 0.15) is 0 Å². The van der Waals surface area contributed by atoms with E-state index in [1.54, 1.807) is 18.3 Å². The smallest absolute Gasteiger partial charge is 0.332 e. The molecule has 0 amide bonds. The molecular formula is C24H25FN4O4. The minimum absolute atomic E-state index is 0.0167. The van der Waals surface area contributed by atoms with Gasteiger partial charge in [-0.3, -0.25) is 5.10 Å². The lowest BCUT2D eigenvalue weighted by Gasteiger charge is -2.28. The van der Waals surface area contributed by atoms with E-state index in [-0.39, 0.29) is 17.6 Å². The zero-order chi connectivity index (χ0) is 23.3. The van der Waals surface area contributed by atoms with Crippen molar-refractivity contribution in [2.45, 2.75) is 44.6 Å². The largest absolute Gasteiger partial charge is 0.494 e. The van der Waals surface area contributed by atoms with Crippen molar-refractivity contribution in [3.8, 4) is 11.4 Å². The van der Waals surface area contributed by atoms with Gasteiger partial charge in [-0.2, -0.15) is 5.10 Å². The summed E-state index contributed by atoms with van der Waals surface area (Å²) in [6.45, 7) is 4.50. The number of methoxy groups -OCH3 is 1. The van der Waals surface area contributed by atoms with Crippen molar-refractivity contribution in [3.63, 3.8) is 0 Å². The third kappa shape index (κ3) is 3.52. The molecule has 33 heavy (non-hydrogen) atoms. The van der Waals surface area contributed by atoms with Crippen molar-refractivity contribution in [1.82, 2.24) is 19.7 Å². The molecule has 4 aromatic rings. The lowest BCUT2D eigenvalue weighted by molar-refractivity contribution is -0.153. The standard InChI is InChI=1S/C24H25FN4O4/c1-12(2)22-20(13-4-7-18(24(30)31)33-11-13)21-17(8-14-10-26-28-23(14)27-21)29(22)15-5-6-16(25)19(9-15)32-3/h5-6,8-10,12-13,18H,4,7,11H2,1-3H3,(H,30,31)(H,26,27,28)/t13-,18+/m1/s1. The zero-order valence-corrected chi connectivity index (χ0v) is 18.6. The number of carbonyl (C=O) groups is 1. The first-order chi connectivity index (χ1) is 15.9. The summed E-state index contributed by atoms with van der Waals surface area (Å²) in [5, 5.41) is 17.3. The number of nitrogens with zero attached hydrogens (tertiary/aromatic N) is 3. The van der Waals surface area contributed by atoms with Crippen molar-refractivity contribution in [2.75, 3.05) is 13.7 Å². The van der Waals surface area contributed by atoms with E-state index in [0.29, 0.717) is 25.1 Å². The van der Waals surface area contributed by atoms with E-state index in [1.807, 2.05) is 6.07 Å². The summed E-state index contributed by atoms with van der Waals surface area (Å²) in [6, 6.07) is 6.83. The average Bonchev–Trinajstić information content (AvgIpc) is 3.39. The van der Waals surface area contributed by atoms with Crippen molar-refractivity contribution in [2.24, 2.45) is 0 Å². The number of ether oxygens (including phenoxy) is 2. The highest BCUT2D eigenvalue weighted by Crippen LogP contribution is 2.42. The molecule has 1 saturated heterocycles. The Morgan fingerprint density at radius 1 is 1.33 bits per heavy atom. The second kappa shape index (κ2) is 8.15. The van der Waals surface area contributed by atoms with E-state index in [1.165, 1.54) is 13.2 Å². The normalized spacial score (nSPS) is 18.9. The predicted molar refractivity (Wildman–Crippen MR) is 121 cm³/mol. The van der Waals surface area contributed by atoms with E-state index in [0.717, 1.165) is 33.4 Å². The molecule has 0 radical (unpaired) electrons. The van der Waals surface area contributed by atoms with Crippen molar-refractivity contribution in [3.05, 3.63) is 47.5 Å². The highest BCUT2D eigenvalue weighted by molar-refractivity contribution is 5.93. The topological polar surface area (TPSA) is 102 Å². The number of fused-ring (bicyclic) bond motifs is 2. The molecule has 5 rings (SSSR count). The van der Waals surface area contributed by atoms with Crippen LogP contribution >= 0.6 is 0 Å². The Kier molecular flexibility index (Phi) is 5.28. The van der Waals surface area contributed by atoms with E-state index in [4.69, 9.17) is 14.5 Å². The molecular weight excluding hydrogens is 427 g/mol. The number of carboxylic acid groups (broad SMARTS) is 1. The van der Waals surface area contributed by atoms with E-state index in [2.05, 4.69) is 28.6 Å². The lowest BCUT2D eigenvalue weighted by Crippen LogP contribution is -2.31. The Labute approximate surface area is 189 Å². The van der Waals surface area contributed by atoms with Gasteiger partial charge in [0.25, 0.3) is 0 Å². The fraction of sp³-hybridized carbons (Fsp3) is 0.375. The number of hydrogen-bond donors (Lipinski definition) is 2. The Balaban J connectivity index is 1.77. The number of aromatic amines is 1. The number of H-pyrrole nitrogens is 1. The molecule has 1 aliphatic rings. The van der Waals surface area contributed by atoms with Crippen molar-refractivity contribution in [1.29, 1.82) is 0 Å². The van der Waals surface area contributed by atoms with Crippen LogP contribution in [0.1, 0.15) is 49.8 Å². The van der Waals surface area contributed by atoms with Crippen LogP contribution in [0.4, 0.5) is 4.39 Å². The van der Waals surface area contributed by atoms with Crippen LogP contribution in [0.15, 0.2) is 30.5 Å². The Hall–Kier alpha value is -3.46. The first-order valence-corrected chi connectivity index (χ1v) is 11.0. The van der Waals surface area contributed by atoms with Crippen LogP contribution < -0.4 is 4.74 Å². The number of benzene rings is 1. The third-order valence-electron chi connectivity index (χ3n) is 6.32. The summed E-state index contributed by atoms with van der Waals surface area (Å²) in [7, 11) is 1.44. The van der Waals surface area contributed by atoms with Gasteiger partial charge < -0.3 is 19.1 Å². The number of hydrogen-bond acceptors (Lipinski definition) is 5. The molecule has 0 unspecified atom stereocenters. The van der Waals surface area contributed by atoms with Gasteiger partial charge in [-0.25, -0.2) is 14.2 Å². The molecule has 1 aliphatic heterocycles. The zero-order valence-electron chi connectivity index (χ0n) is 18.6. The van der Waals surface area contributed by atoms with Gasteiger partial charge in [0.15, 0.2) is 23.3 Å². The molecule has 0 spiro atoms. The van der Waals surface area contributed by atoms with Crippen molar-refractivity contribution < 1.29 is 23.8 Å². The highest BCUT2D eigenvalue weighted by Gasteiger charge is 2.33. The molecule has 0 saturated carbocycles. The Bertz CT molecular complexity index is 1350. The molecule has 2 atom stereocenters. The fourth-order valence-electron chi connectivity index (χ4n) is 4.82. The molecule has 9 heteroatoms. The quantitative estimate of drug-likeness (QED) is 0.462. The van der Waals surface area contributed by atoms with E-state index in [9.17, 15) is 14.3 Å². The molecule has 1 aromatic carbocycles. The van der Waals surface area contributed by atoms with Crippen LogP contribution in [-0.2, 0) is 9.53 Å². The molecule has 8 nitrogen and oxygen atoms in total. The number of nitrogens with one attached hydrogen (secondary N) is 1. The SMILES string of the molecule is COc1cc(-n2c(C(C)C)c([C@@H]3CC[C@@H](C(=O)O)OC3)c3nc4[nH]ncc4cc32)ccc1F. The highest BCUT2D eigenvalue weighted by atomic mass is 19.1. The maximum absolute atomic E-state index is 14.2.